The number of carbonyl (C=O) groups is 2. The first-order valence-electron chi connectivity index (χ1n) is 9.88. The second-order valence-electron chi connectivity index (χ2n) is 7.57. The Morgan fingerprint density at radius 2 is 1.78 bits per heavy atom. The number of ether oxygens (including phenoxy) is 2. The van der Waals surface area contributed by atoms with Crippen LogP contribution in [-0.2, 0) is 4.79 Å². The molecule has 1 aromatic carbocycles. The molecule has 0 bridgehead atoms. The van der Waals surface area contributed by atoms with Crippen molar-refractivity contribution in [1.82, 2.24) is 9.80 Å². The maximum atomic E-state index is 13.2. The number of urea groups is 1. The minimum absolute atomic E-state index is 0.0543. The lowest BCUT2D eigenvalue weighted by Gasteiger charge is -2.35. The van der Waals surface area contributed by atoms with E-state index in [9.17, 15) is 9.59 Å². The molecule has 1 aromatic rings. The summed E-state index contributed by atoms with van der Waals surface area (Å²) in [5, 5.41) is 0. The number of likely N-dealkylation sites (tertiary alicyclic amines) is 2. The van der Waals surface area contributed by atoms with Crippen LogP contribution < -0.4 is 15.2 Å². The molecule has 7 nitrogen and oxygen atoms in total. The molecule has 0 radical (unpaired) electrons. The van der Waals surface area contributed by atoms with Crippen LogP contribution in [0.15, 0.2) is 18.2 Å². The lowest BCUT2D eigenvalue weighted by molar-refractivity contribution is -0.137. The summed E-state index contributed by atoms with van der Waals surface area (Å²) in [6.45, 7) is 3.14. The van der Waals surface area contributed by atoms with Gasteiger partial charge in [-0.25, -0.2) is 4.79 Å². The van der Waals surface area contributed by atoms with Crippen molar-refractivity contribution in [2.24, 2.45) is 11.7 Å². The highest BCUT2D eigenvalue weighted by molar-refractivity contribution is 5.81. The Balaban J connectivity index is 1.51. The molecule has 3 aliphatic heterocycles. The molecule has 2 fully saturated rings. The molecule has 2 atom stereocenters. The van der Waals surface area contributed by atoms with Crippen LogP contribution in [0.2, 0.25) is 0 Å². The Morgan fingerprint density at radius 1 is 1.00 bits per heavy atom. The van der Waals surface area contributed by atoms with Crippen LogP contribution in [0.5, 0.6) is 11.5 Å². The van der Waals surface area contributed by atoms with Crippen molar-refractivity contribution < 1.29 is 19.1 Å². The van der Waals surface area contributed by atoms with Gasteiger partial charge in [-0.05, 0) is 43.4 Å². The number of primary amides is 1. The first-order valence-corrected chi connectivity index (χ1v) is 9.88. The molecule has 0 aliphatic carbocycles. The maximum Gasteiger partial charge on any atom is 0.314 e. The third-order valence-electron chi connectivity index (χ3n) is 5.77. The van der Waals surface area contributed by atoms with Crippen molar-refractivity contribution >= 4 is 11.9 Å². The molecule has 3 heterocycles. The summed E-state index contributed by atoms with van der Waals surface area (Å²) in [5.41, 5.74) is 6.51. The van der Waals surface area contributed by atoms with Crippen LogP contribution in [-0.4, -0.2) is 54.6 Å². The number of rotatable bonds is 2. The second kappa shape index (κ2) is 7.66. The summed E-state index contributed by atoms with van der Waals surface area (Å²) >= 11 is 0. The number of benzene rings is 1. The van der Waals surface area contributed by atoms with Crippen LogP contribution in [0, 0.1) is 5.92 Å². The molecule has 0 unspecified atom stereocenters. The summed E-state index contributed by atoms with van der Waals surface area (Å²) in [6, 6.07) is 5.63. The van der Waals surface area contributed by atoms with Gasteiger partial charge in [0.15, 0.2) is 11.5 Å². The third kappa shape index (κ3) is 3.68. The fourth-order valence-corrected chi connectivity index (χ4v) is 4.38. The number of fused-ring (bicyclic) bond motifs is 1. The molecule has 0 spiro atoms. The highest BCUT2D eigenvalue weighted by Crippen LogP contribution is 2.39. The number of nitrogens with zero attached hydrogens (tertiary/aromatic N) is 2. The van der Waals surface area contributed by atoms with Crippen LogP contribution in [0.3, 0.4) is 0 Å². The van der Waals surface area contributed by atoms with Gasteiger partial charge in [0.1, 0.15) is 0 Å². The van der Waals surface area contributed by atoms with E-state index in [0.29, 0.717) is 26.3 Å². The molecule has 2 saturated heterocycles. The Morgan fingerprint density at radius 3 is 2.59 bits per heavy atom. The van der Waals surface area contributed by atoms with Crippen LogP contribution in [0.25, 0.3) is 0 Å². The highest BCUT2D eigenvalue weighted by Gasteiger charge is 2.36. The van der Waals surface area contributed by atoms with Crippen molar-refractivity contribution in [2.45, 2.75) is 38.1 Å². The highest BCUT2D eigenvalue weighted by atomic mass is 16.5. The van der Waals surface area contributed by atoms with Crippen LogP contribution in [0.1, 0.15) is 43.7 Å². The lowest BCUT2D eigenvalue weighted by atomic mass is 9.95. The van der Waals surface area contributed by atoms with Crippen molar-refractivity contribution in [3.05, 3.63) is 23.8 Å². The van der Waals surface area contributed by atoms with E-state index in [0.717, 1.165) is 55.7 Å². The van der Waals surface area contributed by atoms with E-state index < -0.39 is 6.03 Å². The van der Waals surface area contributed by atoms with Crippen molar-refractivity contribution in [3.63, 3.8) is 0 Å². The van der Waals surface area contributed by atoms with Gasteiger partial charge < -0.3 is 25.0 Å². The molecule has 27 heavy (non-hydrogen) atoms. The maximum absolute atomic E-state index is 13.2. The number of nitrogens with two attached hydrogens (primary N) is 1. The Labute approximate surface area is 159 Å². The van der Waals surface area contributed by atoms with Crippen molar-refractivity contribution in [2.75, 3.05) is 32.8 Å². The summed E-state index contributed by atoms with van der Waals surface area (Å²) in [6.07, 6.45) is 4.43. The SMILES string of the molecule is NC(=O)N1CCC[C@@H](C(=O)N2CCC[C@@H]2c2ccc3c(c2)OCCCO3)C1. The van der Waals surface area contributed by atoms with E-state index >= 15 is 0 Å². The topological polar surface area (TPSA) is 85.1 Å². The summed E-state index contributed by atoms with van der Waals surface area (Å²) in [4.78, 5) is 28.2. The number of hydrogen-bond acceptors (Lipinski definition) is 4. The Bertz CT molecular complexity index is 723. The lowest BCUT2D eigenvalue weighted by Crippen LogP contribution is -2.48. The van der Waals surface area contributed by atoms with E-state index in [2.05, 4.69) is 0 Å². The van der Waals surface area contributed by atoms with E-state index in [-0.39, 0.29) is 17.9 Å². The Kier molecular flexibility index (Phi) is 5.09. The predicted molar refractivity (Wildman–Crippen MR) is 99.6 cm³/mol. The van der Waals surface area contributed by atoms with E-state index in [1.54, 1.807) is 4.90 Å². The van der Waals surface area contributed by atoms with Gasteiger partial charge in [-0.3, -0.25) is 4.79 Å². The molecule has 146 valence electrons. The zero-order valence-electron chi connectivity index (χ0n) is 15.6. The predicted octanol–water partition coefficient (Wildman–Crippen LogP) is 2.30. The minimum atomic E-state index is -0.437. The van der Waals surface area contributed by atoms with E-state index in [1.165, 1.54) is 0 Å². The molecular weight excluding hydrogens is 346 g/mol. The zero-order valence-corrected chi connectivity index (χ0v) is 15.6. The smallest absolute Gasteiger partial charge is 0.314 e. The summed E-state index contributed by atoms with van der Waals surface area (Å²) in [7, 11) is 0. The first-order chi connectivity index (χ1) is 13.1. The molecule has 7 heteroatoms. The van der Waals surface area contributed by atoms with Gasteiger partial charge >= 0.3 is 6.03 Å². The van der Waals surface area contributed by atoms with Crippen molar-refractivity contribution in [3.8, 4) is 11.5 Å². The van der Waals surface area contributed by atoms with Crippen LogP contribution >= 0.6 is 0 Å². The number of carbonyl (C=O) groups excluding carboxylic acids is 2. The second-order valence-corrected chi connectivity index (χ2v) is 7.57. The summed E-state index contributed by atoms with van der Waals surface area (Å²) in [5.74, 6) is 1.51. The first kappa shape index (κ1) is 17.9. The largest absolute Gasteiger partial charge is 0.490 e. The molecule has 2 N–H and O–H groups in total. The number of amides is 3. The molecule has 0 saturated carbocycles. The monoisotopic (exact) mass is 373 g/mol. The summed E-state index contributed by atoms with van der Waals surface area (Å²) < 4.78 is 11.5. The van der Waals surface area contributed by atoms with E-state index in [4.69, 9.17) is 15.2 Å². The normalized spacial score (nSPS) is 25.2. The van der Waals surface area contributed by atoms with Gasteiger partial charge in [0, 0.05) is 26.1 Å². The fraction of sp³-hybridized carbons (Fsp3) is 0.600. The van der Waals surface area contributed by atoms with Gasteiger partial charge in [-0.15, -0.1) is 0 Å². The van der Waals surface area contributed by atoms with Gasteiger partial charge in [0.25, 0.3) is 0 Å². The van der Waals surface area contributed by atoms with Gasteiger partial charge in [0.05, 0.1) is 25.2 Å². The molecule has 4 rings (SSSR count). The molecule has 3 aliphatic rings. The van der Waals surface area contributed by atoms with Crippen molar-refractivity contribution in [1.29, 1.82) is 0 Å². The zero-order chi connectivity index (χ0) is 18.8. The number of piperidine rings is 1. The average molecular weight is 373 g/mol. The van der Waals surface area contributed by atoms with Crippen LogP contribution in [0.4, 0.5) is 4.79 Å². The quantitative estimate of drug-likeness (QED) is 0.862. The standard InChI is InChI=1S/C20H27N3O4/c21-20(25)22-8-1-4-15(13-22)19(24)23-9-2-5-16(23)14-6-7-17-18(12-14)27-11-3-10-26-17/h6-7,12,15-16H,1-5,8-11,13H2,(H2,21,25)/t15-,16-/m1/s1. The third-order valence-corrected chi connectivity index (χ3v) is 5.77. The van der Waals surface area contributed by atoms with Gasteiger partial charge in [-0.2, -0.15) is 0 Å². The molecular formula is C20H27N3O4. The number of hydrogen-bond donors (Lipinski definition) is 1. The average Bonchev–Trinajstić information content (AvgIpc) is 3.06. The van der Waals surface area contributed by atoms with Gasteiger partial charge in [0.2, 0.25) is 5.91 Å². The van der Waals surface area contributed by atoms with E-state index in [1.807, 2.05) is 23.1 Å². The minimum Gasteiger partial charge on any atom is -0.490 e. The Hall–Kier alpha value is -2.44. The molecule has 3 amide bonds. The molecule has 0 aromatic heterocycles. The fourth-order valence-electron chi connectivity index (χ4n) is 4.38. The van der Waals surface area contributed by atoms with Gasteiger partial charge in [-0.1, -0.05) is 6.07 Å².